The highest BCUT2D eigenvalue weighted by Crippen LogP contribution is 2.24. The van der Waals surface area contributed by atoms with E-state index in [-0.39, 0.29) is 24.2 Å². The minimum atomic E-state index is -0.497. The lowest BCUT2D eigenvalue weighted by Gasteiger charge is -2.15. The number of thiazole rings is 1. The van der Waals surface area contributed by atoms with Crippen LogP contribution in [0.15, 0.2) is 35.8 Å². The number of amides is 1. The number of carbonyl (C=O) groups excluding carboxylic acids is 1. The molecule has 0 aliphatic carbocycles. The number of anilines is 1. The topological polar surface area (TPSA) is 68.0 Å². The third-order valence-corrected chi connectivity index (χ3v) is 3.65. The maximum Gasteiger partial charge on any atom is 0.241 e. The summed E-state index contributed by atoms with van der Waals surface area (Å²) < 4.78 is 0. The van der Waals surface area contributed by atoms with E-state index in [0.29, 0.717) is 0 Å². The van der Waals surface area contributed by atoms with Crippen molar-refractivity contribution in [2.75, 3.05) is 5.32 Å². The zero-order chi connectivity index (χ0) is 13.8. The van der Waals surface area contributed by atoms with Crippen molar-refractivity contribution in [1.29, 1.82) is 0 Å². The second kappa shape index (κ2) is 7.38. The van der Waals surface area contributed by atoms with E-state index >= 15 is 0 Å². The van der Waals surface area contributed by atoms with E-state index in [0.717, 1.165) is 16.3 Å². The molecule has 0 bridgehead atoms. The number of hydrogen-bond acceptors (Lipinski definition) is 4. The van der Waals surface area contributed by atoms with Gasteiger partial charge in [0.15, 0.2) is 0 Å². The number of rotatable bonds is 4. The molecule has 6 heteroatoms. The monoisotopic (exact) mass is 311 g/mol. The number of nitrogens with zero attached hydrogens (tertiary/aromatic N) is 1. The van der Waals surface area contributed by atoms with Gasteiger partial charge in [-0.25, -0.2) is 4.98 Å². The number of halogens is 1. The van der Waals surface area contributed by atoms with Gasteiger partial charge in [0, 0.05) is 22.8 Å². The van der Waals surface area contributed by atoms with Crippen molar-refractivity contribution < 1.29 is 4.79 Å². The zero-order valence-corrected chi connectivity index (χ0v) is 13.0. The molecular weight excluding hydrogens is 294 g/mol. The first-order chi connectivity index (χ1) is 9.08. The molecule has 0 saturated heterocycles. The molecule has 1 aromatic heterocycles. The number of carbonyl (C=O) groups is 1. The van der Waals surface area contributed by atoms with E-state index < -0.39 is 6.04 Å². The average molecular weight is 312 g/mol. The van der Waals surface area contributed by atoms with Gasteiger partial charge < -0.3 is 11.1 Å². The van der Waals surface area contributed by atoms with Crippen LogP contribution in [0.4, 0.5) is 5.69 Å². The Morgan fingerprint density at radius 3 is 2.75 bits per heavy atom. The predicted octanol–water partition coefficient (Wildman–Crippen LogP) is 3.15. The van der Waals surface area contributed by atoms with Crippen LogP contribution in [0.5, 0.6) is 0 Å². The minimum Gasteiger partial charge on any atom is -0.325 e. The fraction of sp³-hybridized carbons (Fsp3) is 0.286. The summed E-state index contributed by atoms with van der Waals surface area (Å²) in [7, 11) is 0. The smallest absolute Gasteiger partial charge is 0.241 e. The maximum absolute atomic E-state index is 11.9. The number of benzene rings is 1. The van der Waals surface area contributed by atoms with Crippen molar-refractivity contribution in [3.05, 3.63) is 35.8 Å². The third kappa shape index (κ3) is 4.03. The van der Waals surface area contributed by atoms with Gasteiger partial charge in [-0.05, 0) is 18.1 Å². The van der Waals surface area contributed by atoms with Crippen LogP contribution in [0, 0.1) is 5.92 Å². The second-order valence-corrected chi connectivity index (χ2v) is 5.57. The van der Waals surface area contributed by atoms with Crippen LogP contribution in [0.1, 0.15) is 13.8 Å². The van der Waals surface area contributed by atoms with Crippen LogP contribution in [-0.4, -0.2) is 16.9 Å². The zero-order valence-electron chi connectivity index (χ0n) is 11.4. The van der Waals surface area contributed by atoms with Gasteiger partial charge >= 0.3 is 0 Å². The molecule has 1 amide bonds. The standard InChI is InChI=1S/C14H17N3OS.ClH/c1-9(2)12(15)13(18)17-11-5-3-4-10(8-11)14-16-6-7-19-14;/h3-9,12H,15H2,1-2H3,(H,17,18);1H. The summed E-state index contributed by atoms with van der Waals surface area (Å²) in [6.45, 7) is 3.85. The first-order valence-corrected chi connectivity index (χ1v) is 7.02. The molecule has 20 heavy (non-hydrogen) atoms. The van der Waals surface area contributed by atoms with E-state index in [1.165, 1.54) is 0 Å². The Morgan fingerprint density at radius 2 is 2.15 bits per heavy atom. The lowest BCUT2D eigenvalue weighted by molar-refractivity contribution is -0.118. The van der Waals surface area contributed by atoms with Crippen molar-refractivity contribution in [1.82, 2.24) is 4.98 Å². The number of nitrogens with two attached hydrogens (primary N) is 1. The molecule has 2 aromatic rings. The normalized spacial score (nSPS) is 11.8. The van der Waals surface area contributed by atoms with Gasteiger partial charge in [-0.3, -0.25) is 4.79 Å². The van der Waals surface area contributed by atoms with E-state index in [2.05, 4.69) is 10.3 Å². The van der Waals surface area contributed by atoms with Gasteiger partial charge in [-0.15, -0.1) is 23.7 Å². The van der Waals surface area contributed by atoms with Crippen LogP contribution < -0.4 is 11.1 Å². The lowest BCUT2D eigenvalue weighted by Crippen LogP contribution is -2.39. The SMILES string of the molecule is CC(C)C(N)C(=O)Nc1cccc(-c2nccs2)c1.Cl. The first-order valence-electron chi connectivity index (χ1n) is 6.14. The van der Waals surface area contributed by atoms with Crippen molar-refractivity contribution in [2.45, 2.75) is 19.9 Å². The largest absolute Gasteiger partial charge is 0.325 e. The predicted molar refractivity (Wildman–Crippen MR) is 86.2 cm³/mol. The number of nitrogens with one attached hydrogen (secondary N) is 1. The molecule has 1 unspecified atom stereocenters. The molecule has 1 aromatic carbocycles. The molecule has 0 spiro atoms. The molecule has 1 atom stereocenters. The minimum absolute atomic E-state index is 0. The quantitative estimate of drug-likeness (QED) is 0.911. The first kappa shape index (κ1) is 16.6. The van der Waals surface area contributed by atoms with Gasteiger partial charge in [0.2, 0.25) is 5.91 Å². The van der Waals surface area contributed by atoms with Gasteiger partial charge in [-0.2, -0.15) is 0 Å². The van der Waals surface area contributed by atoms with Crippen molar-refractivity contribution in [3.8, 4) is 10.6 Å². The van der Waals surface area contributed by atoms with Crippen LogP contribution >= 0.6 is 23.7 Å². The third-order valence-electron chi connectivity index (χ3n) is 2.83. The summed E-state index contributed by atoms with van der Waals surface area (Å²) in [6, 6.07) is 7.12. The molecular formula is C14H18ClN3OS. The molecule has 108 valence electrons. The lowest BCUT2D eigenvalue weighted by atomic mass is 10.0. The maximum atomic E-state index is 11.9. The fourth-order valence-electron chi connectivity index (χ4n) is 1.62. The molecule has 0 saturated carbocycles. The summed E-state index contributed by atoms with van der Waals surface area (Å²) >= 11 is 1.57. The highest BCUT2D eigenvalue weighted by molar-refractivity contribution is 7.13. The fourth-order valence-corrected chi connectivity index (χ4v) is 2.26. The Labute approximate surface area is 128 Å². The molecule has 3 N–H and O–H groups in total. The highest BCUT2D eigenvalue weighted by atomic mass is 35.5. The summed E-state index contributed by atoms with van der Waals surface area (Å²) in [5.74, 6) is -0.0477. The molecule has 4 nitrogen and oxygen atoms in total. The van der Waals surface area contributed by atoms with Crippen molar-refractivity contribution >= 4 is 35.3 Å². The molecule has 0 aliphatic rings. The van der Waals surface area contributed by atoms with E-state index in [1.54, 1.807) is 17.5 Å². The molecule has 2 rings (SSSR count). The molecule has 1 heterocycles. The highest BCUT2D eigenvalue weighted by Gasteiger charge is 2.17. The van der Waals surface area contributed by atoms with Gasteiger partial charge in [0.05, 0.1) is 6.04 Å². The van der Waals surface area contributed by atoms with Crippen molar-refractivity contribution in [2.24, 2.45) is 11.7 Å². The summed E-state index contributed by atoms with van der Waals surface area (Å²) in [5.41, 5.74) is 7.55. The van der Waals surface area contributed by atoms with E-state index in [1.807, 2.05) is 43.5 Å². The Balaban J connectivity index is 0.00000200. The van der Waals surface area contributed by atoms with Gasteiger partial charge in [0.25, 0.3) is 0 Å². The Hall–Kier alpha value is -1.43. The average Bonchev–Trinajstić information content (AvgIpc) is 2.91. The van der Waals surface area contributed by atoms with Crippen LogP contribution in [0.2, 0.25) is 0 Å². The number of aromatic nitrogens is 1. The van der Waals surface area contributed by atoms with Crippen LogP contribution in [-0.2, 0) is 4.79 Å². The summed E-state index contributed by atoms with van der Waals surface area (Å²) in [6.07, 6.45) is 1.76. The molecule has 0 radical (unpaired) electrons. The second-order valence-electron chi connectivity index (χ2n) is 4.68. The Bertz CT molecular complexity index is 557. The summed E-state index contributed by atoms with van der Waals surface area (Å²) in [4.78, 5) is 16.2. The Morgan fingerprint density at radius 1 is 1.40 bits per heavy atom. The van der Waals surface area contributed by atoms with Gasteiger partial charge in [-0.1, -0.05) is 26.0 Å². The van der Waals surface area contributed by atoms with E-state index in [9.17, 15) is 4.79 Å². The van der Waals surface area contributed by atoms with Crippen LogP contribution in [0.3, 0.4) is 0 Å². The van der Waals surface area contributed by atoms with E-state index in [4.69, 9.17) is 5.73 Å². The molecule has 0 fully saturated rings. The summed E-state index contributed by atoms with van der Waals surface area (Å²) in [5, 5.41) is 5.70. The number of hydrogen-bond donors (Lipinski definition) is 2. The van der Waals surface area contributed by atoms with Crippen molar-refractivity contribution in [3.63, 3.8) is 0 Å². The molecule has 0 aliphatic heterocycles. The van der Waals surface area contributed by atoms with Gasteiger partial charge in [0.1, 0.15) is 5.01 Å². The van der Waals surface area contributed by atoms with Crippen LogP contribution in [0.25, 0.3) is 10.6 Å². The Kier molecular flexibility index (Phi) is 6.13.